The number of benzene rings is 1. The Kier molecular flexibility index (Phi) is 3.64. The first-order valence-corrected chi connectivity index (χ1v) is 7.25. The van der Waals surface area contributed by atoms with E-state index in [0.717, 1.165) is 0 Å². The molecule has 1 N–H and O–H groups in total. The van der Waals surface area contributed by atoms with Gasteiger partial charge in [0.15, 0.2) is 0 Å². The van der Waals surface area contributed by atoms with Crippen molar-refractivity contribution in [2.45, 2.75) is 12.6 Å². The van der Waals surface area contributed by atoms with E-state index in [0.29, 0.717) is 26.2 Å². The summed E-state index contributed by atoms with van der Waals surface area (Å²) >= 11 is 3.07. The molecule has 2 fully saturated rings. The van der Waals surface area contributed by atoms with Crippen molar-refractivity contribution >= 4 is 22.0 Å². The Morgan fingerprint density at radius 1 is 1.35 bits per heavy atom. The largest absolute Gasteiger partial charge is 0.336 e. The van der Waals surface area contributed by atoms with Crippen LogP contribution in [0.25, 0.3) is 0 Å². The molecule has 0 spiro atoms. The van der Waals surface area contributed by atoms with E-state index in [4.69, 9.17) is 0 Å². The van der Waals surface area contributed by atoms with Crippen molar-refractivity contribution in [3.8, 4) is 0 Å². The molecule has 108 valence electrons. The second-order valence-corrected chi connectivity index (χ2v) is 5.94. The lowest BCUT2D eigenvalue weighted by Gasteiger charge is -2.36. The Balaban J connectivity index is 1.73. The summed E-state index contributed by atoms with van der Waals surface area (Å²) in [7, 11) is 0. The van der Waals surface area contributed by atoms with Crippen molar-refractivity contribution in [2.24, 2.45) is 0 Å². The minimum atomic E-state index is -0.548. The molecule has 0 radical (unpaired) electrons. The number of carbonyl (C=O) groups excluding carboxylic acids is 1. The van der Waals surface area contributed by atoms with E-state index in [9.17, 15) is 13.6 Å². The highest BCUT2D eigenvalue weighted by Crippen LogP contribution is 2.24. The number of hydrogen-bond donors (Lipinski definition) is 1. The van der Waals surface area contributed by atoms with Crippen molar-refractivity contribution in [1.29, 1.82) is 0 Å². The summed E-state index contributed by atoms with van der Waals surface area (Å²) in [6, 6.07) is 2.68. The molecule has 4 nitrogen and oxygen atoms in total. The fourth-order valence-electron chi connectivity index (χ4n) is 2.75. The van der Waals surface area contributed by atoms with Crippen LogP contribution >= 0.6 is 15.9 Å². The van der Waals surface area contributed by atoms with Gasteiger partial charge in [0.25, 0.3) is 0 Å². The van der Waals surface area contributed by atoms with E-state index in [1.165, 1.54) is 12.1 Å². The van der Waals surface area contributed by atoms with Crippen LogP contribution in [0.1, 0.15) is 5.56 Å². The highest BCUT2D eigenvalue weighted by atomic mass is 79.9. The van der Waals surface area contributed by atoms with Gasteiger partial charge in [-0.05, 0) is 28.1 Å². The third-order valence-electron chi connectivity index (χ3n) is 3.84. The van der Waals surface area contributed by atoms with Crippen LogP contribution in [0, 0.1) is 11.6 Å². The van der Waals surface area contributed by atoms with Crippen LogP contribution in [0.5, 0.6) is 0 Å². The monoisotopic (exact) mass is 345 g/mol. The highest BCUT2D eigenvalue weighted by molar-refractivity contribution is 9.10. The van der Waals surface area contributed by atoms with Gasteiger partial charge >= 0.3 is 6.03 Å². The summed E-state index contributed by atoms with van der Waals surface area (Å²) in [6.07, 6.45) is 0. The number of rotatable bonds is 2. The minimum Gasteiger partial charge on any atom is -0.336 e. The molecule has 2 aliphatic heterocycles. The summed E-state index contributed by atoms with van der Waals surface area (Å²) in [6.45, 7) is 2.65. The van der Waals surface area contributed by atoms with Crippen LogP contribution in [0.15, 0.2) is 16.6 Å². The first-order valence-electron chi connectivity index (χ1n) is 6.45. The van der Waals surface area contributed by atoms with Gasteiger partial charge in [0.1, 0.15) is 11.6 Å². The molecule has 7 heteroatoms. The molecule has 0 saturated carbocycles. The van der Waals surface area contributed by atoms with Gasteiger partial charge in [0.05, 0.1) is 10.5 Å². The molecule has 1 unspecified atom stereocenters. The third-order valence-corrected chi connectivity index (χ3v) is 4.45. The van der Waals surface area contributed by atoms with Crippen molar-refractivity contribution in [1.82, 2.24) is 15.1 Å². The number of nitrogens with zero attached hydrogens (tertiary/aromatic N) is 2. The Morgan fingerprint density at radius 2 is 2.15 bits per heavy atom. The molecule has 0 bridgehead atoms. The van der Waals surface area contributed by atoms with Crippen LogP contribution in [0.3, 0.4) is 0 Å². The fourth-order valence-corrected chi connectivity index (χ4v) is 3.12. The quantitative estimate of drug-likeness (QED) is 0.831. The van der Waals surface area contributed by atoms with Gasteiger partial charge in [-0.1, -0.05) is 0 Å². The number of hydrogen-bond acceptors (Lipinski definition) is 2. The van der Waals surface area contributed by atoms with Crippen molar-refractivity contribution in [2.75, 3.05) is 26.2 Å². The van der Waals surface area contributed by atoms with E-state index in [-0.39, 0.29) is 28.7 Å². The topological polar surface area (TPSA) is 35.6 Å². The van der Waals surface area contributed by atoms with Gasteiger partial charge in [-0.2, -0.15) is 0 Å². The van der Waals surface area contributed by atoms with Gasteiger partial charge in [-0.25, -0.2) is 13.6 Å². The Hall–Kier alpha value is -1.21. The molecule has 1 atom stereocenters. The molecule has 2 amide bonds. The predicted octanol–water partition coefficient (Wildman–Crippen LogP) is 1.94. The molecular formula is C13H14BrF2N3O. The molecule has 2 aliphatic rings. The minimum absolute atomic E-state index is 0.0468. The van der Waals surface area contributed by atoms with Crippen molar-refractivity contribution in [3.05, 3.63) is 33.8 Å². The average Bonchev–Trinajstić information content (AvgIpc) is 2.80. The number of amides is 2. The van der Waals surface area contributed by atoms with E-state index in [1.54, 1.807) is 4.90 Å². The van der Waals surface area contributed by atoms with Crippen LogP contribution in [0.4, 0.5) is 13.6 Å². The first-order chi connectivity index (χ1) is 9.56. The zero-order valence-electron chi connectivity index (χ0n) is 10.7. The summed E-state index contributed by atoms with van der Waals surface area (Å²) in [5.41, 5.74) is 0.0742. The number of fused-ring (bicyclic) bond motifs is 1. The van der Waals surface area contributed by atoms with Crippen LogP contribution < -0.4 is 5.32 Å². The van der Waals surface area contributed by atoms with Gasteiger partial charge in [-0.3, -0.25) is 4.90 Å². The lowest BCUT2D eigenvalue weighted by molar-refractivity contribution is 0.115. The summed E-state index contributed by atoms with van der Waals surface area (Å²) in [5.74, 6) is -1.08. The average molecular weight is 346 g/mol. The third kappa shape index (κ3) is 2.40. The number of piperazine rings is 1. The number of halogens is 3. The lowest BCUT2D eigenvalue weighted by Crippen LogP contribution is -2.51. The van der Waals surface area contributed by atoms with Gasteiger partial charge in [-0.15, -0.1) is 0 Å². The maximum Gasteiger partial charge on any atom is 0.317 e. The smallest absolute Gasteiger partial charge is 0.317 e. The van der Waals surface area contributed by atoms with Gasteiger partial charge < -0.3 is 10.2 Å². The normalized spacial score (nSPS) is 22.9. The maximum absolute atomic E-state index is 14.0. The molecule has 20 heavy (non-hydrogen) atoms. The summed E-state index contributed by atoms with van der Waals surface area (Å²) in [5, 5.41) is 2.78. The molecule has 0 aliphatic carbocycles. The lowest BCUT2D eigenvalue weighted by atomic mass is 10.1. The Bertz CT molecular complexity index is 555. The number of urea groups is 1. The number of carbonyl (C=O) groups is 1. The Morgan fingerprint density at radius 3 is 2.95 bits per heavy atom. The SMILES string of the molecule is O=C1NCC2CN(Cc3c(F)ccc(Br)c3F)CCN12. The molecule has 1 aromatic carbocycles. The predicted molar refractivity (Wildman–Crippen MR) is 73.2 cm³/mol. The van der Waals surface area contributed by atoms with Crippen molar-refractivity contribution < 1.29 is 13.6 Å². The first kappa shape index (κ1) is 13.8. The van der Waals surface area contributed by atoms with E-state index in [2.05, 4.69) is 21.2 Å². The molecule has 2 saturated heterocycles. The zero-order chi connectivity index (χ0) is 14.3. The fraction of sp³-hybridized carbons (Fsp3) is 0.462. The molecule has 3 rings (SSSR count). The second kappa shape index (κ2) is 5.29. The molecule has 0 aromatic heterocycles. The standard InChI is InChI=1S/C13H14BrF2N3O/c14-10-1-2-11(15)9(12(10)16)7-18-3-4-19-8(6-18)5-17-13(19)20/h1-2,8H,3-7H2,(H,17,20). The maximum atomic E-state index is 14.0. The van der Waals surface area contributed by atoms with Crippen LogP contribution in [0.2, 0.25) is 0 Å². The van der Waals surface area contributed by atoms with Gasteiger partial charge in [0.2, 0.25) is 0 Å². The molecule has 1 aromatic rings. The second-order valence-electron chi connectivity index (χ2n) is 5.09. The highest BCUT2D eigenvalue weighted by Gasteiger charge is 2.35. The van der Waals surface area contributed by atoms with Crippen LogP contribution in [-0.2, 0) is 6.54 Å². The van der Waals surface area contributed by atoms with E-state index < -0.39 is 11.6 Å². The van der Waals surface area contributed by atoms with Crippen molar-refractivity contribution in [3.63, 3.8) is 0 Å². The number of nitrogens with one attached hydrogen (secondary N) is 1. The van der Waals surface area contributed by atoms with E-state index >= 15 is 0 Å². The zero-order valence-corrected chi connectivity index (χ0v) is 12.3. The summed E-state index contributed by atoms with van der Waals surface area (Å²) in [4.78, 5) is 15.3. The van der Waals surface area contributed by atoms with E-state index in [1.807, 2.05) is 4.90 Å². The summed E-state index contributed by atoms with van der Waals surface area (Å²) < 4.78 is 28.0. The molecule has 2 heterocycles. The van der Waals surface area contributed by atoms with Crippen LogP contribution in [-0.4, -0.2) is 48.1 Å². The Labute approximate surface area is 123 Å². The van der Waals surface area contributed by atoms with Gasteiger partial charge in [0, 0.05) is 38.3 Å². The molecular weight excluding hydrogens is 332 g/mol.